The summed E-state index contributed by atoms with van der Waals surface area (Å²) >= 11 is 0. The smallest absolute Gasteiger partial charge is 0.237 e. The number of nitrogens with zero attached hydrogens (tertiary/aromatic N) is 3. The Bertz CT molecular complexity index is 877. The first kappa shape index (κ1) is 17.5. The molecule has 0 heterocycles. The summed E-state index contributed by atoms with van der Waals surface area (Å²) in [7, 11) is 0. The fraction of sp³-hybridized carbons (Fsp3) is 0.111. The van der Waals surface area contributed by atoms with Gasteiger partial charge in [-0.25, -0.2) is 0 Å². The number of hydrogen-bond donors (Lipinski definition) is 2. The molecule has 0 aliphatic heterocycles. The molecule has 7 nitrogen and oxygen atoms in total. The van der Waals surface area contributed by atoms with Crippen LogP contribution < -0.4 is 10.2 Å². The van der Waals surface area contributed by atoms with E-state index < -0.39 is 5.71 Å². The minimum atomic E-state index is -0.429. The summed E-state index contributed by atoms with van der Waals surface area (Å²) in [5.74, 6) is -0.484. The molecule has 2 N–H and O–H groups in total. The number of aromatic hydroxyl groups is 1. The molecule has 0 unspecified atom stereocenters. The Morgan fingerprint density at radius 2 is 1.88 bits per heavy atom. The van der Waals surface area contributed by atoms with Crippen LogP contribution in [0.1, 0.15) is 22.8 Å². The summed E-state index contributed by atoms with van der Waals surface area (Å²) in [4.78, 5) is 11.6. The SMILES string of the molecule is CC(=O)c1ccc(OCc2ccccc2)c(NN=C(C#N)C#N)c1O. The molecule has 0 saturated heterocycles. The Hall–Kier alpha value is -3.84. The molecule has 7 heteroatoms. The standard InChI is InChI=1S/C18H14N4O3/c1-12(23)15-7-8-16(25-11-13-5-3-2-4-6-13)17(18(15)24)22-21-14(9-19)10-20/h2-8,22,24H,11H2,1H3. The van der Waals surface area contributed by atoms with Gasteiger partial charge >= 0.3 is 0 Å². The molecule has 2 aromatic carbocycles. The Balaban J connectivity index is 2.36. The van der Waals surface area contributed by atoms with Gasteiger partial charge in [0.25, 0.3) is 0 Å². The fourth-order valence-corrected chi connectivity index (χ4v) is 2.01. The number of phenolic OH excluding ortho intramolecular Hbond substituents is 1. The number of Topliss-reactive ketones (excluding diaryl/α,β-unsaturated/α-hetero) is 1. The highest BCUT2D eigenvalue weighted by molar-refractivity contribution is 6.10. The van der Waals surface area contributed by atoms with Gasteiger partial charge in [0, 0.05) is 0 Å². The van der Waals surface area contributed by atoms with E-state index in [0.717, 1.165) is 5.56 Å². The molecule has 2 rings (SSSR count). The quantitative estimate of drug-likeness (QED) is 0.363. The van der Waals surface area contributed by atoms with E-state index in [0.29, 0.717) is 0 Å². The van der Waals surface area contributed by atoms with Gasteiger partial charge in [0.15, 0.2) is 11.5 Å². The molecule has 2 aromatic rings. The predicted molar refractivity (Wildman–Crippen MR) is 91.2 cm³/mol. The van der Waals surface area contributed by atoms with Crippen molar-refractivity contribution in [1.29, 1.82) is 10.5 Å². The van der Waals surface area contributed by atoms with Crippen LogP contribution in [-0.4, -0.2) is 16.6 Å². The number of hydrogen-bond acceptors (Lipinski definition) is 7. The normalized spacial score (nSPS) is 9.40. The Morgan fingerprint density at radius 3 is 2.48 bits per heavy atom. The number of phenols is 1. The first-order valence-corrected chi connectivity index (χ1v) is 7.24. The van der Waals surface area contributed by atoms with E-state index in [1.807, 2.05) is 30.3 Å². The van der Waals surface area contributed by atoms with Crippen LogP contribution in [0, 0.1) is 22.7 Å². The summed E-state index contributed by atoms with van der Waals surface area (Å²) in [5.41, 5.74) is 2.98. The largest absolute Gasteiger partial charge is 0.505 e. The van der Waals surface area contributed by atoms with Crippen LogP contribution in [-0.2, 0) is 6.61 Å². The molecular formula is C18H14N4O3. The van der Waals surface area contributed by atoms with Gasteiger partial charge in [0.2, 0.25) is 5.71 Å². The van der Waals surface area contributed by atoms with Gasteiger partial charge in [-0.15, -0.1) is 0 Å². The summed E-state index contributed by atoms with van der Waals surface area (Å²) < 4.78 is 5.67. The number of nitriles is 2. The topological polar surface area (TPSA) is 118 Å². The van der Waals surface area contributed by atoms with E-state index in [9.17, 15) is 9.90 Å². The maximum Gasteiger partial charge on any atom is 0.237 e. The van der Waals surface area contributed by atoms with E-state index in [1.54, 1.807) is 12.1 Å². The molecule has 124 valence electrons. The van der Waals surface area contributed by atoms with Crippen molar-refractivity contribution >= 4 is 17.2 Å². The first-order chi connectivity index (χ1) is 12.1. The zero-order valence-corrected chi connectivity index (χ0v) is 13.4. The zero-order chi connectivity index (χ0) is 18.2. The maximum absolute atomic E-state index is 11.6. The van der Waals surface area contributed by atoms with Crippen molar-refractivity contribution in [3.63, 3.8) is 0 Å². The number of ketones is 1. The third kappa shape index (κ3) is 4.34. The molecule has 0 atom stereocenters. The minimum Gasteiger partial charge on any atom is -0.505 e. The van der Waals surface area contributed by atoms with Gasteiger partial charge in [0.05, 0.1) is 5.56 Å². The van der Waals surface area contributed by atoms with E-state index >= 15 is 0 Å². The van der Waals surface area contributed by atoms with Gasteiger partial charge in [-0.05, 0) is 24.6 Å². The number of rotatable bonds is 6. The lowest BCUT2D eigenvalue weighted by Crippen LogP contribution is -2.04. The highest BCUT2D eigenvalue weighted by atomic mass is 16.5. The number of ether oxygens (including phenoxy) is 1. The van der Waals surface area contributed by atoms with Gasteiger partial charge < -0.3 is 9.84 Å². The molecule has 25 heavy (non-hydrogen) atoms. The first-order valence-electron chi connectivity index (χ1n) is 7.24. The van der Waals surface area contributed by atoms with Crippen LogP contribution in [0.15, 0.2) is 47.6 Å². The van der Waals surface area contributed by atoms with Crippen LogP contribution in [0.25, 0.3) is 0 Å². The number of carbonyl (C=O) groups is 1. The lowest BCUT2D eigenvalue weighted by molar-refractivity contribution is 0.101. The van der Waals surface area contributed by atoms with Crippen LogP contribution in [0.5, 0.6) is 11.5 Å². The van der Waals surface area contributed by atoms with E-state index in [2.05, 4.69) is 10.5 Å². The van der Waals surface area contributed by atoms with Crippen molar-refractivity contribution in [3.05, 3.63) is 53.6 Å². The average Bonchev–Trinajstić information content (AvgIpc) is 2.62. The fourth-order valence-electron chi connectivity index (χ4n) is 2.01. The lowest BCUT2D eigenvalue weighted by atomic mass is 10.1. The monoisotopic (exact) mass is 334 g/mol. The Labute approximate surface area is 144 Å². The minimum absolute atomic E-state index is 0.00614. The molecule has 0 amide bonds. The molecule has 0 radical (unpaired) electrons. The van der Waals surface area contributed by atoms with E-state index in [-0.39, 0.29) is 35.1 Å². The Kier molecular flexibility index (Phi) is 5.70. The number of hydrazone groups is 1. The van der Waals surface area contributed by atoms with Gasteiger partial charge in [-0.1, -0.05) is 30.3 Å². The molecule has 0 bridgehead atoms. The summed E-state index contributed by atoms with van der Waals surface area (Å²) in [5, 5.41) is 31.4. The maximum atomic E-state index is 11.6. The summed E-state index contributed by atoms with van der Waals surface area (Å²) in [6.07, 6.45) is 0. The zero-order valence-electron chi connectivity index (χ0n) is 13.4. The van der Waals surface area contributed by atoms with E-state index in [1.165, 1.54) is 19.1 Å². The molecule has 0 aliphatic rings. The number of anilines is 1. The molecule has 0 aliphatic carbocycles. The number of benzene rings is 2. The average molecular weight is 334 g/mol. The van der Waals surface area contributed by atoms with Gasteiger partial charge in [0.1, 0.15) is 30.2 Å². The molecular weight excluding hydrogens is 320 g/mol. The second-order valence-electron chi connectivity index (χ2n) is 4.96. The molecule has 0 fully saturated rings. The second kappa shape index (κ2) is 8.14. The molecule has 0 saturated carbocycles. The lowest BCUT2D eigenvalue weighted by Gasteiger charge is -2.14. The summed E-state index contributed by atoms with van der Waals surface area (Å²) in [6, 6.07) is 15.5. The molecule has 0 aromatic heterocycles. The van der Waals surface area contributed by atoms with Crippen molar-refractivity contribution < 1.29 is 14.6 Å². The van der Waals surface area contributed by atoms with Gasteiger partial charge in [-0.2, -0.15) is 15.6 Å². The van der Waals surface area contributed by atoms with Gasteiger partial charge in [-0.3, -0.25) is 10.2 Å². The third-order valence-electron chi connectivity index (χ3n) is 3.25. The van der Waals surface area contributed by atoms with Crippen LogP contribution >= 0.6 is 0 Å². The van der Waals surface area contributed by atoms with Crippen molar-refractivity contribution in [2.45, 2.75) is 13.5 Å². The van der Waals surface area contributed by atoms with Crippen LogP contribution in [0.3, 0.4) is 0 Å². The highest BCUT2D eigenvalue weighted by Crippen LogP contribution is 2.37. The summed E-state index contributed by atoms with van der Waals surface area (Å²) in [6.45, 7) is 1.53. The highest BCUT2D eigenvalue weighted by Gasteiger charge is 2.17. The second-order valence-corrected chi connectivity index (χ2v) is 4.96. The number of carbonyl (C=O) groups excluding carboxylic acids is 1. The van der Waals surface area contributed by atoms with Crippen molar-refractivity contribution in [3.8, 4) is 23.6 Å². The van der Waals surface area contributed by atoms with Crippen LogP contribution in [0.2, 0.25) is 0 Å². The van der Waals surface area contributed by atoms with Crippen molar-refractivity contribution in [1.82, 2.24) is 0 Å². The van der Waals surface area contributed by atoms with Crippen LogP contribution in [0.4, 0.5) is 5.69 Å². The third-order valence-corrected chi connectivity index (χ3v) is 3.25. The molecule has 0 spiro atoms. The van der Waals surface area contributed by atoms with Crippen molar-refractivity contribution in [2.24, 2.45) is 5.10 Å². The Morgan fingerprint density at radius 1 is 1.20 bits per heavy atom. The van der Waals surface area contributed by atoms with E-state index in [4.69, 9.17) is 15.3 Å². The predicted octanol–water partition coefficient (Wildman–Crippen LogP) is 2.99. The number of nitrogens with one attached hydrogen (secondary N) is 1. The van der Waals surface area contributed by atoms with Crippen molar-refractivity contribution in [2.75, 3.05) is 5.43 Å².